The fourth-order valence-corrected chi connectivity index (χ4v) is 3.57. The zero-order valence-electron chi connectivity index (χ0n) is 16.6. The van der Waals surface area contributed by atoms with Gasteiger partial charge in [-0.15, -0.1) is 12.4 Å². The van der Waals surface area contributed by atoms with Gasteiger partial charge in [-0.2, -0.15) is 5.10 Å². The lowest BCUT2D eigenvalue weighted by molar-refractivity contribution is 0.101. The first-order chi connectivity index (χ1) is 14.5. The lowest BCUT2D eigenvalue weighted by Gasteiger charge is -2.06. The summed E-state index contributed by atoms with van der Waals surface area (Å²) in [7, 11) is 0. The van der Waals surface area contributed by atoms with Crippen LogP contribution in [0, 0.1) is 5.82 Å². The third-order valence-electron chi connectivity index (χ3n) is 5.21. The number of hydrogen-bond acceptors (Lipinski definition) is 4. The maximum Gasteiger partial charge on any atom is 0.343 e. The lowest BCUT2D eigenvalue weighted by Crippen LogP contribution is -2.16. The minimum absolute atomic E-state index is 0. The predicted octanol–water partition coefficient (Wildman–Crippen LogP) is 4.39. The number of Topliss-reactive ketones (excluding diaryl/α,β-unsaturated/α-hetero) is 1. The number of imidazole rings is 1. The molecule has 9 heteroatoms. The number of rotatable bonds is 5. The van der Waals surface area contributed by atoms with Gasteiger partial charge in [-0.1, -0.05) is 30.3 Å². The number of ketones is 1. The highest BCUT2D eigenvalue weighted by atomic mass is 35.5. The molecule has 0 saturated heterocycles. The monoisotopic (exact) mass is 439 g/mol. The standard InChI is InChI=1S/C22H18FN5O2.ClH/c1-12(29)16-11-14(7-10-17(16)23)18-19(21-26-27-22(30)28(21)15-8-9-15)25-20(24-18)13-5-3-2-4-6-13;/h2-7,10-11,15H,8-9H2,1H3,(H,24,25)(H,27,30);1H. The number of carbonyl (C=O) groups is 1. The summed E-state index contributed by atoms with van der Waals surface area (Å²) in [5.41, 5.74) is 2.17. The molecule has 0 unspecified atom stereocenters. The fourth-order valence-electron chi connectivity index (χ4n) is 3.57. The number of hydrogen-bond donors (Lipinski definition) is 2. The Kier molecular flexibility index (Phi) is 5.32. The van der Waals surface area contributed by atoms with Crippen molar-refractivity contribution in [2.24, 2.45) is 0 Å². The molecule has 0 spiro atoms. The van der Waals surface area contributed by atoms with Gasteiger partial charge in [-0.25, -0.2) is 19.3 Å². The van der Waals surface area contributed by atoms with Crippen molar-refractivity contribution in [3.8, 4) is 34.2 Å². The summed E-state index contributed by atoms with van der Waals surface area (Å²) in [5.74, 6) is 0.0821. The van der Waals surface area contributed by atoms with Crippen LogP contribution in [0.5, 0.6) is 0 Å². The smallest absolute Gasteiger partial charge is 0.335 e. The average Bonchev–Trinajstić information content (AvgIpc) is 3.36. The Morgan fingerprint density at radius 3 is 2.55 bits per heavy atom. The first-order valence-corrected chi connectivity index (χ1v) is 9.66. The zero-order chi connectivity index (χ0) is 20.8. The third-order valence-corrected chi connectivity index (χ3v) is 5.21. The fraction of sp³-hybridized carbons (Fsp3) is 0.182. The summed E-state index contributed by atoms with van der Waals surface area (Å²) < 4.78 is 15.7. The minimum Gasteiger partial charge on any atom is -0.335 e. The Morgan fingerprint density at radius 2 is 1.87 bits per heavy atom. The molecule has 0 bridgehead atoms. The summed E-state index contributed by atoms with van der Waals surface area (Å²) in [5, 5.41) is 6.75. The Morgan fingerprint density at radius 1 is 1.13 bits per heavy atom. The van der Waals surface area contributed by atoms with Crippen molar-refractivity contribution in [3.63, 3.8) is 0 Å². The second kappa shape index (κ2) is 7.96. The van der Waals surface area contributed by atoms with Crippen molar-refractivity contribution in [1.82, 2.24) is 24.7 Å². The number of carbonyl (C=O) groups excluding carboxylic acids is 1. The molecule has 2 N–H and O–H groups in total. The summed E-state index contributed by atoms with van der Waals surface area (Å²) in [4.78, 5) is 32.2. The molecule has 31 heavy (non-hydrogen) atoms. The van der Waals surface area contributed by atoms with Gasteiger partial charge in [-0.3, -0.25) is 9.36 Å². The van der Waals surface area contributed by atoms with E-state index >= 15 is 0 Å². The van der Waals surface area contributed by atoms with Gasteiger partial charge in [0, 0.05) is 17.2 Å². The van der Waals surface area contributed by atoms with E-state index in [2.05, 4.69) is 15.2 Å². The summed E-state index contributed by atoms with van der Waals surface area (Å²) >= 11 is 0. The topological polar surface area (TPSA) is 96.4 Å². The minimum atomic E-state index is -0.582. The Bertz CT molecular complexity index is 1320. The predicted molar refractivity (Wildman–Crippen MR) is 117 cm³/mol. The number of H-pyrrole nitrogens is 2. The van der Waals surface area contributed by atoms with Crippen LogP contribution in [0.4, 0.5) is 4.39 Å². The van der Waals surface area contributed by atoms with E-state index in [0.29, 0.717) is 28.6 Å². The van der Waals surface area contributed by atoms with Crippen LogP contribution in [0.3, 0.4) is 0 Å². The van der Waals surface area contributed by atoms with Crippen molar-refractivity contribution < 1.29 is 9.18 Å². The molecule has 2 aromatic heterocycles. The van der Waals surface area contributed by atoms with Crippen molar-refractivity contribution >= 4 is 18.2 Å². The van der Waals surface area contributed by atoms with Crippen LogP contribution in [0.2, 0.25) is 0 Å². The van der Waals surface area contributed by atoms with Gasteiger partial charge in [-0.05, 0) is 38.0 Å². The van der Waals surface area contributed by atoms with Crippen molar-refractivity contribution in [1.29, 1.82) is 0 Å². The van der Waals surface area contributed by atoms with Crippen LogP contribution in [0.1, 0.15) is 36.2 Å². The average molecular weight is 440 g/mol. The van der Waals surface area contributed by atoms with Crippen molar-refractivity contribution in [3.05, 3.63) is 70.4 Å². The van der Waals surface area contributed by atoms with Gasteiger partial charge in [0.2, 0.25) is 0 Å². The summed E-state index contributed by atoms with van der Waals surface area (Å²) in [6.07, 6.45) is 1.82. The lowest BCUT2D eigenvalue weighted by atomic mass is 10.0. The first kappa shape index (κ1) is 20.7. The van der Waals surface area contributed by atoms with E-state index in [0.717, 1.165) is 18.4 Å². The number of benzene rings is 2. The van der Waals surface area contributed by atoms with E-state index < -0.39 is 5.82 Å². The van der Waals surface area contributed by atoms with Crippen molar-refractivity contribution in [2.45, 2.75) is 25.8 Å². The quantitative estimate of drug-likeness (QED) is 0.450. The van der Waals surface area contributed by atoms with Crippen LogP contribution < -0.4 is 5.69 Å². The normalized spacial score (nSPS) is 13.1. The highest BCUT2D eigenvalue weighted by molar-refractivity contribution is 5.96. The second-order valence-corrected chi connectivity index (χ2v) is 7.38. The van der Waals surface area contributed by atoms with Gasteiger partial charge in [0.1, 0.15) is 23.0 Å². The van der Waals surface area contributed by atoms with E-state index in [1.807, 2.05) is 30.3 Å². The van der Waals surface area contributed by atoms with Crippen LogP contribution in [-0.2, 0) is 0 Å². The molecule has 1 saturated carbocycles. The SMILES string of the molecule is CC(=O)c1cc(-c2nc(-c3ccccc3)[nH]c2-c2n[nH]c(=O)n2C2CC2)ccc1F.Cl. The Labute approximate surface area is 182 Å². The molecule has 7 nitrogen and oxygen atoms in total. The van der Waals surface area contributed by atoms with E-state index in [-0.39, 0.29) is 35.5 Å². The van der Waals surface area contributed by atoms with Gasteiger partial charge in [0.15, 0.2) is 11.6 Å². The van der Waals surface area contributed by atoms with Gasteiger partial charge >= 0.3 is 5.69 Å². The number of nitrogens with one attached hydrogen (secondary N) is 2. The molecule has 0 radical (unpaired) electrons. The molecular weight excluding hydrogens is 421 g/mol. The molecule has 0 amide bonds. The molecule has 1 fully saturated rings. The highest BCUT2D eigenvalue weighted by Gasteiger charge is 2.31. The molecule has 4 aromatic rings. The molecule has 2 aromatic carbocycles. The number of nitrogens with zero attached hydrogens (tertiary/aromatic N) is 3. The van der Waals surface area contributed by atoms with Crippen LogP contribution >= 0.6 is 12.4 Å². The third kappa shape index (κ3) is 3.70. The van der Waals surface area contributed by atoms with E-state index in [1.165, 1.54) is 19.1 Å². The van der Waals surface area contributed by atoms with E-state index in [4.69, 9.17) is 4.98 Å². The van der Waals surface area contributed by atoms with E-state index in [1.54, 1.807) is 10.6 Å². The van der Waals surface area contributed by atoms with Crippen LogP contribution in [-0.4, -0.2) is 30.5 Å². The van der Waals surface area contributed by atoms with Crippen LogP contribution in [0.25, 0.3) is 34.2 Å². The Hall–Kier alpha value is -3.52. The molecule has 2 heterocycles. The molecule has 0 aliphatic heterocycles. The van der Waals surface area contributed by atoms with Crippen LogP contribution in [0.15, 0.2) is 53.3 Å². The number of halogens is 2. The first-order valence-electron chi connectivity index (χ1n) is 9.66. The molecule has 1 aliphatic rings. The Balaban J connectivity index is 0.00000231. The molecule has 1 aliphatic carbocycles. The maximum atomic E-state index is 14.1. The molecule has 5 rings (SSSR count). The van der Waals surface area contributed by atoms with Gasteiger partial charge in [0.25, 0.3) is 0 Å². The summed E-state index contributed by atoms with van der Waals surface area (Å²) in [6, 6.07) is 13.9. The number of aromatic nitrogens is 5. The van der Waals surface area contributed by atoms with Gasteiger partial charge < -0.3 is 4.98 Å². The maximum absolute atomic E-state index is 14.1. The molecule has 0 atom stereocenters. The van der Waals surface area contributed by atoms with E-state index in [9.17, 15) is 14.0 Å². The van der Waals surface area contributed by atoms with Crippen molar-refractivity contribution in [2.75, 3.05) is 0 Å². The largest absolute Gasteiger partial charge is 0.343 e. The summed E-state index contributed by atoms with van der Waals surface area (Å²) in [6.45, 7) is 1.32. The highest BCUT2D eigenvalue weighted by Crippen LogP contribution is 2.39. The zero-order valence-corrected chi connectivity index (χ0v) is 17.4. The number of aromatic amines is 2. The second-order valence-electron chi connectivity index (χ2n) is 7.38. The van der Waals surface area contributed by atoms with Gasteiger partial charge in [0.05, 0.1) is 5.56 Å². The molecule has 158 valence electrons. The molecular formula is C22H19ClFN5O2.